The van der Waals surface area contributed by atoms with E-state index in [1.807, 2.05) is 41.4 Å². The first-order valence-corrected chi connectivity index (χ1v) is 11.3. The van der Waals surface area contributed by atoms with Crippen LogP contribution < -0.4 is 10.2 Å². The summed E-state index contributed by atoms with van der Waals surface area (Å²) in [6.45, 7) is 4.91. The number of rotatable bonds is 5. The molecule has 1 aromatic carbocycles. The van der Waals surface area contributed by atoms with E-state index in [4.69, 9.17) is 12.2 Å². The number of nitrogens with zero attached hydrogens (tertiary/aromatic N) is 4. The molecule has 0 amide bonds. The molecule has 0 saturated carbocycles. The molecular formula is C26H24FN5S. The fraction of sp³-hybridized carbons (Fsp3) is 0.192. The Morgan fingerprint density at radius 3 is 2.58 bits per heavy atom. The van der Waals surface area contributed by atoms with Crippen molar-refractivity contribution in [1.29, 1.82) is 0 Å². The van der Waals surface area contributed by atoms with Crippen molar-refractivity contribution in [3.05, 3.63) is 113 Å². The van der Waals surface area contributed by atoms with Gasteiger partial charge in [0.2, 0.25) is 0 Å². The monoisotopic (exact) mass is 457 g/mol. The van der Waals surface area contributed by atoms with Crippen molar-refractivity contribution >= 4 is 23.0 Å². The molecule has 1 saturated heterocycles. The van der Waals surface area contributed by atoms with Crippen LogP contribution >= 0.6 is 12.2 Å². The first kappa shape index (κ1) is 21.3. The van der Waals surface area contributed by atoms with E-state index in [0.29, 0.717) is 17.3 Å². The van der Waals surface area contributed by atoms with Crippen LogP contribution in [-0.2, 0) is 6.54 Å². The minimum absolute atomic E-state index is 0.217. The number of para-hydroxylation sites is 1. The zero-order chi connectivity index (χ0) is 22.9. The summed E-state index contributed by atoms with van der Waals surface area (Å²) in [5, 5.41) is 3.89. The van der Waals surface area contributed by atoms with Crippen LogP contribution in [0.5, 0.6) is 0 Å². The molecule has 4 heterocycles. The van der Waals surface area contributed by atoms with E-state index >= 15 is 0 Å². The number of benzene rings is 1. The van der Waals surface area contributed by atoms with Gasteiger partial charge in [0.25, 0.3) is 0 Å². The Hall–Kier alpha value is -3.58. The molecule has 1 fully saturated rings. The van der Waals surface area contributed by atoms with Gasteiger partial charge in [0.1, 0.15) is 5.82 Å². The van der Waals surface area contributed by atoms with Gasteiger partial charge in [-0.2, -0.15) is 0 Å². The Kier molecular flexibility index (Phi) is 5.64. The molecule has 0 bridgehead atoms. The highest BCUT2D eigenvalue weighted by Crippen LogP contribution is 2.43. The maximum atomic E-state index is 14.9. The average Bonchev–Trinajstić information content (AvgIpc) is 3.31. The summed E-state index contributed by atoms with van der Waals surface area (Å²) in [7, 11) is 0. The van der Waals surface area contributed by atoms with Crippen LogP contribution in [0.3, 0.4) is 0 Å². The van der Waals surface area contributed by atoms with E-state index in [1.54, 1.807) is 24.5 Å². The minimum Gasteiger partial charge on any atom is -0.351 e. The normalized spacial score (nSPS) is 17.9. The Morgan fingerprint density at radius 2 is 1.85 bits per heavy atom. The molecule has 0 aliphatic carbocycles. The first-order chi connectivity index (χ1) is 16.0. The van der Waals surface area contributed by atoms with Crippen LogP contribution in [0, 0.1) is 19.7 Å². The van der Waals surface area contributed by atoms with Gasteiger partial charge in [0.05, 0.1) is 23.5 Å². The fourth-order valence-corrected chi connectivity index (χ4v) is 4.96. The number of pyridine rings is 2. The van der Waals surface area contributed by atoms with Gasteiger partial charge in [-0.3, -0.25) is 9.97 Å². The maximum Gasteiger partial charge on any atom is 0.174 e. The lowest BCUT2D eigenvalue weighted by Gasteiger charge is -2.28. The molecule has 1 N–H and O–H groups in total. The summed E-state index contributed by atoms with van der Waals surface area (Å²) in [5.41, 5.74) is 5.75. The molecule has 4 aromatic rings. The van der Waals surface area contributed by atoms with E-state index in [-0.39, 0.29) is 17.9 Å². The third-order valence-electron chi connectivity index (χ3n) is 6.21. The lowest BCUT2D eigenvalue weighted by atomic mass is 9.96. The van der Waals surface area contributed by atoms with Gasteiger partial charge in [0, 0.05) is 36.5 Å². The van der Waals surface area contributed by atoms with Crippen LogP contribution in [0.15, 0.2) is 79.3 Å². The standard InChI is InChI=1S/C26H24FN5S/c1-17-14-20(18(2)31(17)16-19-8-7-12-28-15-19)25-24(22-10-5-6-13-29-22)30-26(33)32(25)23-11-4-3-9-21(23)27/h3-15,24-25H,16H2,1-2H3,(H,30,33)/t24-,25+/m1/s1. The number of nitrogens with one attached hydrogen (secondary N) is 1. The van der Waals surface area contributed by atoms with E-state index in [0.717, 1.165) is 28.2 Å². The SMILES string of the molecule is Cc1cc([C@H]2[C@@H](c3ccccn3)NC(=S)N2c2ccccc2F)c(C)n1Cc1cccnc1. The van der Waals surface area contributed by atoms with Crippen molar-refractivity contribution in [2.24, 2.45) is 0 Å². The van der Waals surface area contributed by atoms with Crippen molar-refractivity contribution in [3.8, 4) is 0 Å². The highest BCUT2D eigenvalue weighted by atomic mass is 32.1. The summed E-state index contributed by atoms with van der Waals surface area (Å²) >= 11 is 5.73. The van der Waals surface area contributed by atoms with Gasteiger partial charge < -0.3 is 14.8 Å². The predicted octanol–water partition coefficient (Wildman–Crippen LogP) is 5.26. The fourth-order valence-electron chi connectivity index (χ4n) is 4.62. The molecule has 166 valence electrons. The number of hydrogen-bond donors (Lipinski definition) is 1. The van der Waals surface area contributed by atoms with E-state index in [1.165, 1.54) is 6.07 Å². The third kappa shape index (κ3) is 3.89. The molecule has 0 radical (unpaired) electrons. The topological polar surface area (TPSA) is 46.0 Å². The number of hydrogen-bond acceptors (Lipinski definition) is 3. The largest absolute Gasteiger partial charge is 0.351 e. The third-order valence-corrected chi connectivity index (χ3v) is 6.52. The summed E-state index contributed by atoms with van der Waals surface area (Å²) < 4.78 is 17.2. The van der Waals surface area contributed by atoms with E-state index in [9.17, 15) is 4.39 Å². The molecule has 0 unspecified atom stereocenters. The molecule has 3 aromatic heterocycles. The highest BCUT2D eigenvalue weighted by molar-refractivity contribution is 7.80. The second-order valence-corrected chi connectivity index (χ2v) is 8.61. The van der Waals surface area contributed by atoms with Gasteiger partial charge in [-0.1, -0.05) is 24.3 Å². The van der Waals surface area contributed by atoms with Crippen LogP contribution in [-0.4, -0.2) is 19.6 Å². The van der Waals surface area contributed by atoms with Gasteiger partial charge in [0.15, 0.2) is 5.11 Å². The number of aryl methyl sites for hydroxylation is 1. The van der Waals surface area contributed by atoms with Crippen LogP contribution in [0.25, 0.3) is 0 Å². The van der Waals surface area contributed by atoms with Gasteiger partial charge in [-0.15, -0.1) is 0 Å². The number of aromatic nitrogens is 3. The number of anilines is 1. The zero-order valence-electron chi connectivity index (χ0n) is 18.4. The van der Waals surface area contributed by atoms with Crippen molar-refractivity contribution in [1.82, 2.24) is 19.9 Å². The molecule has 0 spiro atoms. The van der Waals surface area contributed by atoms with Crippen molar-refractivity contribution in [2.45, 2.75) is 32.5 Å². The maximum absolute atomic E-state index is 14.9. The van der Waals surface area contributed by atoms with Gasteiger partial charge in [-0.05, 0) is 73.6 Å². The number of thiocarbonyl (C=S) groups is 1. The van der Waals surface area contributed by atoms with Crippen molar-refractivity contribution in [3.63, 3.8) is 0 Å². The van der Waals surface area contributed by atoms with Gasteiger partial charge in [-0.25, -0.2) is 4.39 Å². The smallest absolute Gasteiger partial charge is 0.174 e. The van der Waals surface area contributed by atoms with E-state index in [2.05, 4.69) is 45.8 Å². The van der Waals surface area contributed by atoms with E-state index < -0.39 is 0 Å². The summed E-state index contributed by atoms with van der Waals surface area (Å²) in [4.78, 5) is 10.7. The number of halogens is 1. The first-order valence-electron chi connectivity index (χ1n) is 10.9. The second kappa shape index (κ2) is 8.75. The van der Waals surface area contributed by atoms with Crippen LogP contribution in [0.1, 0.15) is 40.3 Å². The lowest BCUT2D eigenvalue weighted by molar-refractivity contribution is 0.554. The Labute approximate surface area is 197 Å². The Morgan fingerprint density at radius 1 is 1.03 bits per heavy atom. The molecule has 2 atom stereocenters. The zero-order valence-corrected chi connectivity index (χ0v) is 19.3. The predicted molar refractivity (Wildman–Crippen MR) is 132 cm³/mol. The molecule has 5 rings (SSSR count). The Bertz CT molecular complexity index is 1290. The molecular weight excluding hydrogens is 433 g/mol. The molecule has 1 aliphatic heterocycles. The molecule has 7 heteroatoms. The molecule has 5 nitrogen and oxygen atoms in total. The van der Waals surface area contributed by atoms with Crippen molar-refractivity contribution in [2.75, 3.05) is 4.90 Å². The average molecular weight is 458 g/mol. The summed E-state index contributed by atoms with van der Waals surface area (Å²) in [5.74, 6) is -0.308. The Balaban J connectivity index is 1.64. The van der Waals surface area contributed by atoms with Crippen molar-refractivity contribution < 1.29 is 4.39 Å². The summed E-state index contributed by atoms with van der Waals surface area (Å²) in [6, 6.07) is 18.3. The molecule has 1 aliphatic rings. The van der Waals surface area contributed by atoms with Crippen LogP contribution in [0.4, 0.5) is 10.1 Å². The molecule has 33 heavy (non-hydrogen) atoms. The minimum atomic E-state index is -0.308. The highest BCUT2D eigenvalue weighted by Gasteiger charge is 2.43. The van der Waals surface area contributed by atoms with Gasteiger partial charge >= 0.3 is 0 Å². The second-order valence-electron chi connectivity index (χ2n) is 8.22. The van der Waals surface area contributed by atoms with Crippen LogP contribution in [0.2, 0.25) is 0 Å². The summed E-state index contributed by atoms with van der Waals surface area (Å²) in [6.07, 6.45) is 5.43. The quantitative estimate of drug-likeness (QED) is 0.414. The lowest BCUT2D eigenvalue weighted by Crippen LogP contribution is -2.30.